The van der Waals surface area contributed by atoms with Gasteiger partial charge in [-0.2, -0.15) is 4.91 Å². The molecular weight excluding hydrogens is 172 g/mol. The van der Waals surface area contributed by atoms with Crippen LogP contribution in [-0.2, 0) is 9.47 Å². The van der Waals surface area contributed by atoms with Crippen molar-refractivity contribution in [3.63, 3.8) is 0 Å². The maximum absolute atomic E-state index is 9.86. The molecule has 13 heavy (non-hydrogen) atoms. The lowest BCUT2D eigenvalue weighted by Crippen LogP contribution is -2.34. The van der Waals surface area contributed by atoms with Crippen molar-refractivity contribution in [2.75, 3.05) is 47.5 Å². The summed E-state index contributed by atoms with van der Waals surface area (Å²) in [7, 11) is 5.21. The SMILES string of the molecule is COCC(CN(C)CCN=O)OC. The Kier molecular flexibility index (Phi) is 7.77. The van der Waals surface area contributed by atoms with E-state index >= 15 is 0 Å². The summed E-state index contributed by atoms with van der Waals surface area (Å²) in [5.74, 6) is 0. The molecule has 0 heterocycles. The summed E-state index contributed by atoms with van der Waals surface area (Å²) in [5.41, 5.74) is 0. The van der Waals surface area contributed by atoms with Crippen molar-refractivity contribution in [2.24, 2.45) is 5.18 Å². The Morgan fingerprint density at radius 3 is 2.62 bits per heavy atom. The molecule has 1 atom stereocenters. The normalized spacial score (nSPS) is 13.2. The molecule has 78 valence electrons. The van der Waals surface area contributed by atoms with Gasteiger partial charge in [-0.05, 0) is 7.05 Å². The maximum Gasteiger partial charge on any atom is 0.0938 e. The second kappa shape index (κ2) is 8.10. The van der Waals surface area contributed by atoms with Crippen molar-refractivity contribution in [2.45, 2.75) is 6.10 Å². The molecule has 5 nitrogen and oxygen atoms in total. The van der Waals surface area contributed by atoms with Gasteiger partial charge in [-0.1, -0.05) is 5.18 Å². The Hall–Kier alpha value is -0.520. The van der Waals surface area contributed by atoms with E-state index < -0.39 is 0 Å². The summed E-state index contributed by atoms with van der Waals surface area (Å²) in [4.78, 5) is 11.9. The molecule has 0 rings (SSSR count). The van der Waals surface area contributed by atoms with Crippen LogP contribution in [0.2, 0.25) is 0 Å². The molecule has 0 aliphatic carbocycles. The summed E-state index contributed by atoms with van der Waals surface area (Å²) in [6.45, 7) is 2.29. The molecule has 0 saturated carbocycles. The van der Waals surface area contributed by atoms with Crippen molar-refractivity contribution < 1.29 is 9.47 Å². The molecule has 0 aromatic carbocycles. The van der Waals surface area contributed by atoms with E-state index in [0.717, 1.165) is 6.54 Å². The van der Waals surface area contributed by atoms with E-state index in [1.807, 2.05) is 11.9 Å². The van der Waals surface area contributed by atoms with Gasteiger partial charge < -0.3 is 14.4 Å². The number of nitrogens with zero attached hydrogens (tertiary/aromatic N) is 2. The molecule has 0 aliphatic rings. The molecule has 0 N–H and O–H groups in total. The Morgan fingerprint density at radius 2 is 2.15 bits per heavy atom. The average molecular weight is 190 g/mol. The highest BCUT2D eigenvalue weighted by atomic mass is 16.5. The molecule has 5 heteroatoms. The number of nitroso groups, excluding NO2 is 1. The van der Waals surface area contributed by atoms with Crippen molar-refractivity contribution in [3.05, 3.63) is 4.91 Å². The van der Waals surface area contributed by atoms with Crippen molar-refractivity contribution in [1.82, 2.24) is 4.90 Å². The number of likely N-dealkylation sites (N-methyl/N-ethyl adjacent to an activating group) is 1. The minimum atomic E-state index is 0.0571. The summed E-state index contributed by atoms with van der Waals surface area (Å²) in [6, 6.07) is 0. The third-order valence-electron chi connectivity index (χ3n) is 1.77. The molecule has 0 amide bonds. The zero-order chi connectivity index (χ0) is 10.1. The predicted molar refractivity (Wildman–Crippen MR) is 50.8 cm³/mol. The van der Waals surface area contributed by atoms with Gasteiger partial charge in [0.1, 0.15) is 0 Å². The molecule has 0 bridgehead atoms. The van der Waals surface area contributed by atoms with Crippen molar-refractivity contribution >= 4 is 0 Å². The topological polar surface area (TPSA) is 51.1 Å². The molecule has 0 saturated heterocycles. The summed E-state index contributed by atoms with van der Waals surface area (Å²) >= 11 is 0. The van der Waals surface area contributed by atoms with Crippen LogP contribution in [0.1, 0.15) is 0 Å². The Morgan fingerprint density at radius 1 is 1.46 bits per heavy atom. The lowest BCUT2D eigenvalue weighted by atomic mass is 10.3. The molecular formula is C8H18N2O3. The highest BCUT2D eigenvalue weighted by Gasteiger charge is 2.09. The summed E-state index contributed by atoms with van der Waals surface area (Å²) < 4.78 is 10.1. The van der Waals surface area contributed by atoms with Crippen LogP contribution in [0.4, 0.5) is 0 Å². The fourth-order valence-electron chi connectivity index (χ4n) is 1.03. The second-order valence-corrected chi connectivity index (χ2v) is 2.93. The van der Waals surface area contributed by atoms with E-state index in [-0.39, 0.29) is 6.10 Å². The van der Waals surface area contributed by atoms with Gasteiger partial charge in [-0.25, -0.2) is 0 Å². The van der Waals surface area contributed by atoms with Gasteiger partial charge in [0.25, 0.3) is 0 Å². The molecule has 0 aromatic heterocycles. The van der Waals surface area contributed by atoms with Gasteiger partial charge in [0, 0.05) is 27.3 Å². The van der Waals surface area contributed by atoms with E-state index in [4.69, 9.17) is 9.47 Å². The first-order chi connectivity index (χ1) is 6.24. The van der Waals surface area contributed by atoms with E-state index in [9.17, 15) is 4.91 Å². The first kappa shape index (κ1) is 12.5. The van der Waals surface area contributed by atoms with E-state index in [2.05, 4.69) is 5.18 Å². The van der Waals surface area contributed by atoms with Gasteiger partial charge in [0.2, 0.25) is 0 Å². The van der Waals surface area contributed by atoms with Crippen LogP contribution in [0.3, 0.4) is 0 Å². The summed E-state index contributed by atoms with van der Waals surface area (Å²) in [6.07, 6.45) is 0.0571. The number of hydrogen-bond donors (Lipinski definition) is 0. The van der Waals surface area contributed by atoms with Crippen molar-refractivity contribution in [1.29, 1.82) is 0 Å². The van der Waals surface area contributed by atoms with Crippen LogP contribution in [0.5, 0.6) is 0 Å². The number of ether oxygens (including phenoxy) is 2. The first-order valence-electron chi connectivity index (χ1n) is 4.24. The highest BCUT2D eigenvalue weighted by Crippen LogP contribution is 1.94. The number of rotatable bonds is 8. The van der Waals surface area contributed by atoms with Crippen LogP contribution in [-0.4, -0.2) is 58.5 Å². The fraction of sp³-hybridized carbons (Fsp3) is 1.00. The van der Waals surface area contributed by atoms with E-state index in [0.29, 0.717) is 19.7 Å². The van der Waals surface area contributed by atoms with Gasteiger partial charge in [0.15, 0.2) is 0 Å². The third kappa shape index (κ3) is 6.62. The standard InChI is InChI=1S/C8H18N2O3/c1-10(5-4-9-11)6-8(13-3)7-12-2/h8H,4-7H2,1-3H3. The van der Waals surface area contributed by atoms with E-state index in [1.54, 1.807) is 14.2 Å². The Bertz CT molecular complexity index is 133. The third-order valence-corrected chi connectivity index (χ3v) is 1.77. The van der Waals surface area contributed by atoms with Crippen LogP contribution in [0.15, 0.2) is 5.18 Å². The molecule has 0 aliphatic heterocycles. The van der Waals surface area contributed by atoms with E-state index in [1.165, 1.54) is 0 Å². The monoisotopic (exact) mass is 190 g/mol. The lowest BCUT2D eigenvalue weighted by Gasteiger charge is -2.21. The Labute approximate surface area is 79.0 Å². The molecule has 0 aromatic rings. The van der Waals surface area contributed by atoms with Gasteiger partial charge >= 0.3 is 0 Å². The zero-order valence-electron chi connectivity index (χ0n) is 8.52. The van der Waals surface area contributed by atoms with Gasteiger partial charge in [-0.3, -0.25) is 0 Å². The van der Waals surface area contributed by atoms with Crippen molar-refractivity contribution in [3.8, 4) is 0 Å². The van der Waals surface area contributed by atoms with Gasteiger partial charge in [0.05, 0.1) is 19.3 Å². The lowest BCUT2D eigenvalue weighted by molar-refractivity contribution is 0.0109. The largest absolute Gasteiger partial charge is 0.382 e. The first-order valence-corrected chi connectivity index (χ1v) is 4.24. The van der Waals surface area contributed by atoms with Crippen LogP contribution in [0, 0.1) is 4.91 Å². The fourth-order valence-corrected chi connectivity index (χ4v) is 1.03. The van der Waals surface area contributed by atoms with Crippen LogP contribution < -0.4 is 0 Å². The zero-order valence-corrected chi connectivity index (χ0v) is 8.52. The minimum Gasteiger partial charge on any atom is -0.382 e. The Balaban J connectivity index is 3.58. The van der Waals surface area contributed by atoms with Crippen LogP contribution >= 0.6 is 0 Å². The summed E-state index contributed by atoms with van der Waals surface area (Å²) in [5, 5.41) is 2.79. The highest BCUT2D eigenvalue weighted by molar-refractivity contribution is 4.62. The average Bonchev–Trinajstić information content (AvgIpc) is 2.14. The quantitative estimate of drug-likeness (QED) is 0.518. The second-order valence-electron chi connectivity index (χ2n) is 2.93. The molecule has 0 fully saturated rings. The van der Waals surface area contributed by atoms with Gasteiger partial charge in [-0.15, -0.1) is 0 Å². The minimum absolute atomic E-state index is 0.0571. The number of methoxy groups -OCH3 is 2. The predicted octanol–water partition coefficient (Wildman–Crippen LogP) is 0.346. The van der Waals surface area contributed by atoms with Crippen LogP contribution in [0.25, 0.3) is 0 Å². The smallest absolute Gasteiger partial charge is 0.0938 e. The molecule has 1 unspecified atom stereocenters. The molecule has 0 radical (unpaired) electrons. The molecule has 0 spiro atoms. The maximum atomic E-state index is 9.86. The number of hydrogen-bond acceptors (Lipinski definition) is 5.